The SMILES string of the molecule is CCOc1ccc(OCC(=O)OCC(=O)NNC(=O)c2ccccc2)cc1. The molecule has 0 heterocycles. The molecule has 2 N–H and O–H groups in total. The van der Waals surface area contributed by atoms with Gasteiger partial charge in [0.25, 0.3) is 11.8 Å². The molecule has 0 saturated heterocycles. The second kappa shape index (κ2) is 10.4. The van der Waals surface area contributed by atoms with Crippen LogP contribution in [0, 0.1) is 0 Å². The molecular formula is C19H20N2O6. The largest absolute Gasteiger partial charge is 0.494 e. The average Bonchev–Trinajstić information content (AvgIpc) is 2.70. The first-order valence-corrected chi connectivity index (χ1v) is 8.24. The Balaban J connectivity index is 1.64. The Hall–Kier alpha value is -3.55. The van der Waals surface area contributed by atoms with Crippen LogP contribution < -0.4 is 20.3 Å². The Kier molecular flexibility index (Phi) is 7.65. The molecule has 0 aliphatic rings. The van der Waals surface area contributed by atoms with Crippen LogP contribution in [-0.2, 0) is 14.3 Å². The molecule has 27 heavy (non-hydrogen) atoms. The van der Waals surface area contributed by atoms with Crippen LogP contribution in [0.15, 0.2) is 54.6 Å². The summed E-state index contributed by atoms with van der Waals surface area (Å²) < 4.78 is 15.3. The van der Waals surface area contributed by atoms with E-state index in [0.29, 0.717) is 23.7 Å². The predicted molar refractivity (Wildman–Crippen MR) is 96.1 cm³/mol. The topological polar surface area (TPSA) is 103 Å². The highest BCUT2D eigenvalue weighted by molar-refractivity contribution is 5.95. The fourth-order valence-corrected chi connectivity index (χ4v) is 1.95. The zero-order valence-electron chi connectivity index (χ0n) is 14.8. The van der Waals surface area contributed by atoms with E-state index in [4.69, 9.17) is 14.2 Å². The first kappa shape index (κ1) is 19.8. The number of esters is 1. The van der Waals surface area contributed by atoms with Gasteiger partial charge in [-0.05, 0) is 43.3 Å². The number of carbonyl (C=O) groups is 3. The first-order valence-electron chi connectivity index (χ1n) is 8.24. The first-order chi connectivity index (χ1) is 13.1. The lowest BCUT2D eigenvalue weighted by atomic mass is 10.2. The monoisotopic (exact) mass is 372 g/mol. The number of hydrazine groups is 1. The molecule has 2 rings (SSSR count). The number of ether oxygens (including phenoxy) is 3. The number of hydrogen-bond donors (Lipinski definition) is 2. The van der Waals surface area contributed by atoms with Gasteiger partial charge in [-0.3, -0.25) is 20.4 Å². The second-order valence-corrected chi connectivity index (χ2v) is 5.22. The van der Waals surface area contributed by atoms with Crippen molar-refractivity contribution in [2.75, 3.05) is 19.8 Å². The smallest absolute Gasteiger partial charge is 0.344 e. The van der Waals surface area contributed by atoms with E-state index in [2.05, 4.69) is 10.9 Å². The number of hydrogen-bond acceptors (Lipinski definition) is 6. The molecule has 0 fully saturated rings. The zero-order valence-corrected chi connectivity index (χ0v) is 14.8. The minimum Gasteiger partial charge on any atom is -0.494 e. The van der Waals surface area contributed by atoms with Gasteiger partial charge < -0.3 is 14.2 Å². The number of amides is 2. The van der Waals surface area contributed by atoms with E-state index in [1.165, 1.54) is 0 Å². The minimum absolute atomic E-state index is 0.350. The van der Waals surface area contributed by atoms with Crippen LogP contribution in [0.3, 0.4) is 0 Å². The quantitative estimate of drug-likeness (QED) is 0.537. The van der Waals surface area contributed by atoms with Gasteiger partial charge in [0.1, 0.15) is 11.5 Å². The molecule has 0 unspecified atom stereocenters. The number of benzene rings is 2. The van der Waals surface area contributed by atoms with Crippen LogP contribution in [0.1, 0.15) is 17.3 Å². The highest BCUT2D eigenvalue weighted by Gasteiger charge is 2.10. The van der Waals surface area contributed by atoms with E-state index >= 15 is 0 Å². The lowest BCUT2D eigenvalue weighted by molar-refractivity contribution is -0.150. The minimum atomic E-state index is -0.714. The van der Waals surface area contributed by atoms with E-state index in [-0.39, 0.29) is 6.61 Å². The third kappa shape index (κ3) is 7.07. The predicted octanol–water partition coefficient (Wildman–Crippen LogP) is 1.47. The molecule has 8 heteroatoms. The Morgan fingerprint density at radius 1 is 0.815 bits per heavy atom. The van der Waals surface area contributed by atoms with Crippen LogP contribution in [0.25, 0.3) is 0 Å². The highest BCUT2D eigenvalue weighted by atomic mass is 16.6. The average molecular weight is 372 g/mol. The molecule has 0 spiro atoms. The van der Waals surface area contributed by atoms with Gasteiger partial charge in [-0.25, -0.2) is 4.79 Å². The van der Waals surface area contributed by atoms with E-state index in [9.17, 15) is 14.4 Å². The summed E-state index contributed by atoms with van der Waals surface area (Å²) in [5, 5.41) is 0. The van der Waals surface area contributed by atoms with E-state index in [1.807, 2.05) is 6.92 Å². The van der Waals surface area contributed by atoms with Crippen molar-refractivity contribution in [1.82, 2.24) is 10.9 Å². The summed E-state index contributed by atoms with van der Waals surface area (Å²) in [7, 11) is 0. The molecule has 0 aliphatic heterocycles. The summed E-state index contributed by atoms with van der Waals surface area (Å²) in [4.78, 5) is 35.0. The fourth-order valence-electron chi connectivity index (χ4n) is 1.95. The maximum atomic E-state index is 11.7. The molecule has 0 aliphatic carbocycles. The maximum Gasteiger partial charge on any atom is 0.344 e. The van der Waals surface area contributed by atoms with Crippen molar-refractivity contribution in [3.63, 3.8) is 0 Å². The van der Waals surface area contributed by atoms with Crippen molar-refractivity contribution >= 4 is 17.8 Å². The Bertz CT molecular complexity index is 762. The summed E-state index contributed by atoms with van der Waals surface area (Å²) in [6.45, 7) is 1.54. The van der Waals surface area contributed by atoms with Crippen LogP contribution >= 0.6 is 0 Å². The summed E-state index contributed by atoms with van der Waals surface area (Å²) in [5.41, 5.74) is 4.77. The second-order valence-electron chi connectivity index (χ2n) is 5.22. The number of nitrogens with one attached hydrogen (secondary N) is 2. The fraction of sp³-hybridized carbons (Fsp3) is 0.211. The van der Waals surface area contributed by atoms with E-state index < -0.39 is 24.4 Å². The van der Waals surface area contributed by atoms with Gasteiger partial charge in [-0.2, -0.15) is 0 Å². The van der Waals surface area contributed by atoms with Crippen molar-refractivity contribution in [3.05, 3.63) is 60.2 Å². The van der Waals surface area contributed by atoms with Crippen molar-refractivity contribution in [1.29, 1.82) is 0 Å². The molecule has 2 aromatic rings. The van der Waals surface area contributed by atoms with E-state index in [1.54, 1.807) is 54.6 Å². The zero-order chi connectivity index (χ0) is 19.5. The van der Waals surface area contributed by atoms with Gasteiger partial charge in [0.2, 0.25) is 0 Å². The van der Waals surface area contributed by atoms with E-state index in [0.717, 1.165) is 0 Å². The maximum absolute atomic E-state index is 11.7. The third-order valence-electron chi connectivity index (χ3n) is 3.21. The van der Waals surface area contributed by atoms with Gasteiger partial charge in [0.05, 0.1) is 6.61 Å². The molecular weight excluding hydrogens is 352 g/mol. The van der Waals surface area contributed by atoms with Gasteiger partial charge >= 0.3 is 5.97 Å². The molecule has 2 aromatic carbocycles. The van der Waals surface area contributed by atoms with Crippen LogP contribution in [0.2, 0.25) is 0 Å². The molecule has 8 nitrogen and oxygen atoms in total. The normalized spacial score (nSPS) is 9.81. The van der Waals surface area contributed by atoms with Crippen molar-refractivity contribution in [3.8, 4) is 11.5 Å². The van der Waals surface area contributed by atoms with Gasteiger partial charge in [0.15, 0.2) is 13.2 Å². The molecule has 142 valence electrons. The standard InChI is InChI=1S/C19H20N2O6/c1-2-25-15-8-10-16(11-9-15)26-13-18(23)27-12-17(22)20-21-19(24)14-6-4-3-5-7-14/h3-11H,2,12-13H2,1H3,(H,20,22)(H,21,24). The number of carbonyl (C=O) groups excluding carboxylic acids is 3. The Morgan fingerprint density at radius 2 is 1.44 bits per heavy atom. The molecule has 0 saturated carbocycles. The van der Waals surface area contributed by atoms with Crippen molar-refractivity contribution < 1.29 is 28.6 Å². The van der Waals surface area contributed by atoms with Crippen molar-refractivity contribution in [2.24, 2.45) is 0 Å². The summed E-state index contributed by atoms with van der Waals surface area (Å²) in [6, 6.07) is 15.1. The van der Waals surface area contributed by atoms with Crippen LogP contribution in [0.5, 0.6) is 11.5 Å². The summed E-state index contributed by atoms with van der Waals surface area (Å²) in [5.74, 6) is -0.701. The highest BCUT2D eigenvalue weighted by Crippen LogP contribution is 2.17. The lowest BCUT2D eigenvalue weighted by Crippen LogP contribution is -2.43. The summed E-state index contributed by atoms with van der Waals surface area (Å²) >= 11 is 0. The summed E-state index contributed by atoms with van der Waals surface area (Å²) in [6.07, 6.45) is 0. The number of rotatable bonds is 8. The van der Waals surface area contributed by atoms with Crippen molar-refractivity contribution in [2.45, 2.75) is 6.92 Å². The van der Waals surface area contributed by atoms with Gasteiger partial charge in [-0.1, -0.05) is 18.2 Å². The Labute approximate surface area is 156 Å². The molecule has 0 radical (unpaired) electrons. The third-order valence-corrected chi connectivity index (χ3v) is 3.21. The van der Waals surface area contributed by atoms with Crippen LogP contribution in [0.4, 0.5) is 0 Å². The molecule has 2 amide bonds. The molecule has 0 atom stereocenters. The van der Waals surface area contributed by atoms with Gasteiger partial charge in [-0.15, -0.1) is 0 Å². The molecule has 0 aromatic heterocycles. The Morgan fingerprint density at radius 3 is 2.07 bits per heavy atom. The van der Waals surface area contributed by atoms with Gasteiger partial charge in [0, 0.05) is 5.56 Å². The lowest BCUT2D eigenvalue weighted by Gasteiger charge is -2.09. The van der Waals surface area contributed by atoms with Crippen LogP contribution in [-0.4, -0.2) is 37.6 Å². The molecule has 0 bridgehead atoms.